The van der Waals surface area contributed by atoms with E-state index in [1.165, 1.54) is 16.6 Å². The second-order valence-electron chi connectivity index (χ2n) is 5.27. The first-order chi connectivity index (χ1) is 8.06. The molecule has 3 nitrogen and oxygen atoms in total. The molecule has 0 aliphatic heterocycles. The molecular formula is C14H21N3. The number of anilines is 1. The third-order valence-electron chi connectivity index (χ3n) is 2.90. The van der Waals surface area contributed by atoms with Crippen LogP contribution in [0.3, 0.4) is 0 Å². The van der Waals surface area contributed by atoms with Gasteiger partial charge in [-0.2, -0.15) is 0 Å². The molecule has 17 heavy (non-hydrogen) atoms. The van der Waals surface area contributed by atoms with Gasteiger partial charge in [0.15, 0.2) is 0 Å². The zero-order valence-electron chi connectivity index (χ0n) is 10.6. The second kappa shape index (κ2) is 4.80. The second-order valence-corrected chi connectivity index (χ2v) is 5.27. The monoisotopic (exact) mass is 231 g/mol. The fourth-order valence-electron chi connectivity index (χ4n) is 1.98. The smallest absolute Gasteiger partial charge is 0.0597 e. The number of aromatic amines is 1. The van der Waals surface area contributed by atoms with Crippen molar-refractivity contribution in [1.82, 2.24) is 4.98 Å². The Kier molecular flexibility index (Phi) is 3.38. The van der Waals surface area contributed by atoms with Crippen LogP contribution in [0.15, 0.2) is 30.5 Å². The van der Waals surface area contributed by atoms with Crippen molar-refractivity contribution in [3.8, 4) is 0 Å². The van der Waals surface area contributed by atoms with E-state index < -0.39 is 0 Å². The van der Waals surface area contributed by atoms with Crippen LogP contribution < -0.4 is 11.1 Å². The number of para-hydroxylation sites is 1. The van der Waals surface area contributed by atoms with Crippen molar-refractivity contribution in [3.05, 3.63) is 30.5 Å². The van der Waals surface area contributed by atoms with Crippen LogP contribution in [0.2, 0.25) is 0 Å². The minimum atomic E-state index is -0.0676. The Morgan fingerprint density at radius 2 is 2.06 bits per heavy atom. The molecule has 0 spiro atoms. The van der Waals surface area contributed by atoms with Gasteiger partial charge in [0.25, 0.3) is 0 Å². The van der Waals surface area contributed by atoms with Crippen molar-refractivity contribution >= 4 is 16.6 Å². The zero-order chi connectivity index (χ0) is 12.3. The van der Waals surface area contributed by atoms with Crippen LogP contribution in [0.1, 0.15) is 26.7 Å². The standard InChI is InChI=1S/C14H21N3/c1-14(2,15)8-5-9-16-13-10-17-12-7-4-3-6-11(12)13/h3-4,6-7,10,16-17H,5,8-9,15H2,1-2H3. The van der Waals surface area contributed by atoms with E-state index in [1.54, 1.807) is 0 Å². The van der Waals surface area contributed by atoms with E-state index in [4.69, 9.17) is 5.73 Å². The van der Waals surface area contributed by atoms with Crippen LogP contribution in [0.5, 0.6) is 0 Å². The predicted molar refractivity (Wildman–Crippen MR) is 74.3 cm³/mol. The summed E-state index contributed by atoms with van der Waals surface area (Å²) in [5.74, 6) is 0. The van der Waals surface area contributed by atoms with Crippen molar-refractivity contribution in [1.29, 1.82) is 0 Å². The average molecular weight is 231 g/mol. The quantitative estimate of drug-likeness (QED) is 0.693. The lowest BCUT2D eigenvalue weighted by Gasteiger charge is -2.18. The van der Waals surface area contributed by atoms with Gasteiger partial charge in [-0.1, -0.05) is 18.2 Å². The molecule has 0 atom stereocenters. The van der Waals surface area contributed by atoms with E-state index >= 15 is 0 Å². The molecule has 0 aliphatic carbocycles. The molecule has 1 aromatic heterocycles. The van der Waals surface area contributed by atoms with Gasteiger partial charge in [-0.3, -0.25) is 0 Å². The van der Waals surface area contributed by atoms with E-state index in [2.05, 4.69) is 42.3 Å². The number of rotatable bonds is 5. The minimum Gasteiger partial charge on any atom is -0.383 e. The van der Waals surface area contributed by atoms with E-state index in [1.807, 2.05) is 12.3 Å². The van der Waals surface area contributed by atoms with Crippen molar-refractivity contribution in [2.24, 2.45) is 5.73 Å². The predicted octanol–water partition coefficient (Wildman–Crippen LogP) is 3.10. The van der Waals surface area contributed by atoms with Crippen molar-refractivity contribution in [2.45, 2.75) is 32.2 Å². The van der Waals surface area contributed by atoms with Gasteiger partial charge in [0.1, 0.15) is 0 Å². The van der Waals surface area contributed by atoms with Crippen molar-refractivity contribution in [2.75, 3.05) is 11.9 Å². The molecule has 4 N–H and O–H groups in total. The van der Waals surface area contributed by atoms with Gasteiger partial charge in [0, 0.05) is 29.2 Å². The van der Waals surface area contributed by atoms with Gasteiger partial charge in [0.2, 0.25) is 0 Å². The lowest BCUT2D eigenvalue weighted by molar-refractivity contribution is 0.465. The SMILES string of the molecule is CC(C)(N)CCCNc1c[nH]c2ccccc12. The third-order valence-corrected chi connectivity index (χ3v) is 2.90. The summed E-state index contributed by atoms with van der Waals surface area (Å²) in [7, 11) is 0. The highest BCUT2D eigenvalue weighted by molar-refractivity contribution is 5.92. The van der Waals surface area contributed by atoms with Gasteiger partial charge < -0.3 is 16.0 Å². The van der Waals surface area contributed by atoms with E-state index in [-0.39, 0.29) is 5.54 Å². The Balaban J connectivity index is 1.91. The molecule has 1 heterocycles. The molecule has 1 aromatic carbocycles. The first kappa shape index (κ1) is 12.0. The maximum atomic E-state index is 5.95. The van der Waals surface area contributed by atoms with Crippen molar-refractivity contribution < 1.29 is 0 Å². The first-order valence-corrected chi connectivity index (χ1v) is 6.15. The fourth-order valence-corrected chi connectivity index (χ4v) is 1.98. The molecule has 2 aromatic rings. The van der Waals surface area contributed by atoms with Crippen LogP contribution in [0, 0.1) is 0 Å². The maximum Gasteiger partial charge on any atom is 0.0597 e. The van der Waals surface area contributed by atoms with Crippen LogP contribution in [-0.4, -0.2) is 17.1 Å². The Morgan fingerprint density at radius 3 is 2.82 bits per heavy atom. The van der Waals surface area contributed by atoms with Crippen LogP contribution >= 0.6 is 0 Å². The molecule has 0 unspecified atom stereocenters. The summed E-state index contributed by atoms with van der Waals surface area (Å²) in [6.07, 6.45) is 4.14. The highest BCUT2D eigenvalue weighted by Crippen LogP contribution is 2.22. The van der Waals surface area contributed by atoms with E-state index in [9.17, 15) is 0 Å². The molecule has 0 aliphatic rings. The fraction of sp³-hybridized carbons (Fsp3) is 0.429. The van der Waals surface area contributed by atoms with Crippen LogP contribution in [-0.2, 0) is 0 Å². The lowest BCUT2D eigenvalue weighted by Crippen LogP contribution is -2.32. The van der Waals surface area contributed by atoms with Gasteiger partial charge in [0.05, 0.1) is 5.69 Å². The summed E-state index contributed by atoms with van der Waals surface area (Å²) in [5.41, 5.74) is 8.24. The molecule has 92 valence electrons. The topological polar surface area (TPSA) is 53.8 Å². The number of nitrogens with one attached hydrogen (secondary N) is 2. The normalized spacial score (nSPS) is 11.9. The summed E-state index contributed by atoms with van der Waals surface area (Å²) < 4.78 is 0. The lowest BCUT2D eigenvalue weighted by atomic mass is 10.0. The molecular weight excluding hydrogens is 210 g/mol. The van der Waals surface area contributed by atoms with E-state index in [0.717, 1.165) is 19.4 Å². The zero-order valence-corrected chi connectivity index (χ0v) is 10.6. The average Bonchev–Trinajstić information content (AvgIpc) is 2.67. The number of nitrogens with two attached hydrogens (primary N) is 1. The first-order valence-electron chi connectivity index (χ1n) is 6.15. The van der Waals surface area contributed by atoms with Gasteiger partial charge in [-0.25, -0.2) is 0 Å². The minimum absolute atomic E-state index is 0.0676. The summed E-state index contributed by atoms with van der Waals surface area (Å²) in [6, 6.07) is 8.31. The molecule has 0 saturated heterocycles. The molecule has 2 rings (SSSR count). The van der Waals surface area contributed by atoms with Gasteiger partial charge in [-0.15, -0.1) is 0 Å². The summed E-state index contributed by atoms with van der Waals surface area (Å²) in [5, 5.41) is 4.70. The Morgan fingerprint density at radius 1 is 1.29 bits per heavy atom. The third kappa shape index (κ3) is 3.24. The largest absolute Gasteiger partial charge is 0.383 e. The molecule has 0 fully saturated rings. The van der Waals surface area contributed by atoms with Crippen molar-refractivity contribution in [3.63, 3.8) is 0 Å². The van der Waals surface area contributed by atoms with Gasteiger partial charge >= 0.3 is 0 Å². The molecule has 0 radical (unpaired) electrons. The number of fused-ring (bicyclic) bond motifs is 1. The molecule has 3 heteroatoms. The Labute approximate surface area is 102 Å². The maximum absolute atomic E-state index is 5.95. The highest BCUT2D eigenvalue weighted by atomic mass is 14.9. The van der Waals surface area contributed by atoms with Crippen LogP contribution in [0.25, 0.3) is 10.9 Å². The highest BCUT2D eigenvalue weighted by Gasteiger charge is 2.09. The summed E-state index contributed by atoms with van der Waals surface area (Å²) in [6.45, 7) is 5.10. The molecule has 0 amide bonds. The molecule has 0 bridgehead atoms. The Bertz CT molecular complexity index is 479. The number of hydrogen-bond donors (Lipinski definition) is 3. The summed E-state index contributed by atoms with van der Waals surface area (Å²) >= 11 is 0. The number of hydrogen-bond acceptors (Lipinski definition) is 2. The number of aromatic nitrogens is 1. The Hall–Kier alpha value is -1.48. The summed E-state index contributed by atoms with van der Waals surface area (Å²) in [4.78, 5) is 3.26. The van der Waals surface area contributed by atoms with E-state index in [0.29, 0.717) is 0 Å². The van der Waals surface area contributed by atoms with Crippen LogP contribution in [0.4, 0.5) is 5.69 Å². The number of benzene rings is 1. The van der Waals surface area contributed by atoms with Gasteiger partial charge in [-0.05, 0) is 32.8 Å². The molecule has 0 saturated carbocycles. The number of H-pyrrole nitrogens is 1.